The molecule has 7 heteroatoms. The van der Waals surface area contributed by atoms with Gasteiger partial charge in [-0.3, -0.25) is 9.59 Å². The van der Waals surface area contributed by atoms with Crippen molar-refractivity contribution < 1.29 is 19.4 Å². The van der Waals surface area contributed by atoms with Gasteiger partial charge in [0.15, 0.2) is 0 Å². The first kappa shape index (κ1) is 30.1. The number of nitrogens with one attached hydrogen (secondary N) is 1. The molecule has 0 aliphatic carbocycles. The molecule has 0 radical (unpaired) electrons. The number of anilines is 1. The number of carboxylic acid groups (broad SMARTS) is 1. The Kier molecular flexibility index (Phi) is 11.7. The van der Waals surface area contributed by atoms with E-state index in [9.17, 15) is 14.7 Å². The maximum Gasteiger partial charge on any atom is 0.305 e. The molecule has 0 unspecified atom stereocenters. The van der Waals surface area contributed by atoms with Crippen LogP contribution in [-0.2, 0) is 27.2 Å². The summed E-state index contributed by atoms with van der Waals surface area (Å²) in [7, 11) is 0. The lowest BCUT2D eigenvalue weighted by molar-refractivity contribution is -0.139. The molecule has 0 bridgehead atoms. The van der Waals surface area contributed by atoms with Crippen LogP contribution in [0.4, 0.5) is 5.82 Å². The highest BCUT2D eigenvalue weighted by molar-refractivity contribution is 5.77. The third-order valence-corrected chi connectivity index (χ3v) is 6.54. The minimum Gasteiger partial charge on any atom is -0.481 e. The Bertz CT molecular complexity index is 851. The van der Waals surface area contributed by atoms with Gasteiger partial charge >= 0.3 is 5.97 Å². The summed E-state index contributed by atoms with van der Waals surface area (Å²) in [6.07, 6.45) is 6.16. The Morgan fingerprint density at radius 1 is 1.11 bits per heavy atom. The fourth-order valence-electron chi connectivity index (χ4n) is 5.10. The number of carboxylic acids is 1. The first-order valence-electron chi connectivity index (χ1n) is 13.7. The van der Waals surface area contributed by atoms with Crippen molar-refractivity contribution in [2.75, 3.05) is 38.2 Å². The van der Waals surface area contributed by atoms with E-state index in [1.807, 2.05) is 0 Å². The molecule has 1 amide bonds. The maximum atomic E-state index is 13.1. The molecule has 2 heterocycles. The van der Waals surface area contributed by atoms with Crippen molar-refractivity contribution in [3.05, 3.63) is 23.4 Å². The lowest BCUT2D eigenvalue weighted by Gasteiger charge is -2.34. The number of aryl methyl sites for hydroxylation is 2. The van der Waals surface area contributed by atoms with E-state index in [4.69, 9.17) is 9.72 Å². The van der Waals surface area contributed by atoms with Crippen molar-refractivity contribution in [2.24, 2.45) is 16.7 Å². The molecule has 204 valence electrons. The molecule has 36 heavy (non-hydrogen) atoms. The van der Waals surface area contributed by atoms with Crippen LogP contribution in [0, 0.1) is 16.7 Å². The molecular formula is C29H49N3O4. The van der Waals surface area contributed by atoms with Crippen molar-refractivity contribution in [3.8, 4) is 0 Å². The van der Waals surface area contributed by atoms with Gasteiger partial charge in [-0.05, 0) is 61.5 Å². The largest absolute Gasteiger partial charge is 0.481 e. The highest BCUT2D eigenvalue weighted by atomic mass is 16.5. The number of unbranched alkanes of at least 4 members (excludes halogenated alkanes) is 1. The number of aromatic nitrogens is 1. The molecule has 1 aliphatic heterocycles. The van der Waals surface area contributed by atoms with Crippen LogP contribution in [0.15, 0.2) is 12.1 Å². The Balaban J connectivity index is 1.83. The van der Waals surface area contributed by atoms with Gasteiger partial charge in [0.25, 0.3) is 0 Å². The van der Waals surface area contributed by atoms with E-state index in [2.05, 4.69) is 59.0 Å². The normalized spacial score (nSPS) is 13.9. The van der Waals surface area contributed by atoms with E-state index < -0.39 is 5.97 Å². The maximum absolute atomic E-state index is 13.1. The summed E-state index contributed by atoms with van der Waals surface area (Å²) < 4.78 is 6.09. The third kappa shape index (κ3) is 11.3. The lowest BCUT2D eigenvalue weighted by Crippen LogP contribution is -2.42. The Morgan fingerprint density at radius 3 is 2.53 bits per heavy atom. The second-order valence-corrected chi connectivity index (χ2v) is 12.4. The van der Waals surface area contributed by atoms with Crippen LogP contribution in [-0.4, -0.2) is 59.7 Å². The van der Waals surface area contributed by atoms with E-state index in [0.29, 0.717) is 32.1 Å². The molecule has 1 aromatic heterocycles. The van der Waals surface area contributed by atoms with Crippen molar-refractivity contribution in [3.63, 3.8) is 0 Å². The fraction of sp³-hybridized carbons (Fsp3) is 0.759. The quantitative estimate of drug-likeness (QED) is 0.287. The highest BCUT2D eigenvalue weighted by Gasteiger charge is 2.27. The second-order valence-electron chi connectivity index (χ2n) is 12.4. The molecule has 2 N–H and O–H groups in total. The van der Waals surface area contributed by atoms with Crippen LogP contribution in [0.3, 0.4) is 0 Å². The molecule has 0 spiro atoms. The zero-order valence-corrected chi connectivity index (χ0v) is 23.5. The second kappa shape index (κ2) is 14.0. The predicted octanol–water partition coefficient (Wildman–Crippen LogP) is 5.57. The van der Waals surface area contributed by atoms with E-state index in [1.54, 1.807) is 4.90 Å². The van der Waals surface area contributed by atoms with E-state index in [-0.39, 0.29) is 29.7 Å². The topological polar surface area (TPSA) is 91.8 Å². The van der Waals surface area contributed by atoms with Crippen molar-refractivity contribution in [1.82, 2.24) is 9.88 Å². The van der Waals surface area contributed by atoms with E-state index in [0.717, 1.165) is 56.6 Å². The Labute approximate surface area is 218 Å². The number of amides is 1. The average Bonchev–Trinajstić information content (AvgIpc) is 2.77. The van der Waals surface area contributed by atoms with Crippen LogP contribution in [0.1, 0.15) is 91.3 Å². The number of fused-ring (bicyclic) bond motifs is 1. The summed E-state index contributed by atoms with van der Waals surface area (Å²) in [6.45, 7) is 15.9. The van der Waals surface area contributed by atoms with E-state index >= 15 is 0 Å². The molecular weight excluding hydrogens is 454 g/mol. The number of hydrogen-bond donors (Lipinski definition) is 2. The zero-order chi connectivity index (χ0) is 26.8. The van der Waals surface area contributed by atoms with Gasteiger partial charge in [-0.15, -0.1) is 0 Å². The summed E-state index contributed by atoms with van der Waals surface area (Å²) in [4.78, 5) is 30.7. The fourth-order valence-corrected chi connectivity index (χ4v) is 5.10. The van der Waals surface area contributed by atoms with Crippen molar-refractivity contribution in [1.29, 1.82) is 0 Å². The molecule has 0 aromatic carbocycles. The lowest BCUT2D eigenvalue weighted by atomic mass is 9.85. The number of ether oxygens (including phenoxy) is 1. The van der Waals surface area contributed by atoms with Gasteiger partial charge in [0.05, 0.1) is 19.6 Å². The highest BCUT2D eigenvalue weighted by Crippen LogP contribution is 2.27. The number of carbonyl (C=O) groups is 2. The minimum atomic E-state index is -0.885. The molecule has 0 fully saturated rings. The number of aliphatic carboxylic acids is 1. The van der Waals surface area contributed by atoms with Gasteiger partial charge < -0.3 is 20.1 Å². The standard InChI is InChI=1S/C29H49N3O4/c1-22(2)18-28(3,4)20-36-21-29(5,6)19-32(17-15-26(34)35)25(33)12-8-7-11-24-14-13-23-10-9-16-30-27(23)31-24/h13-14,22H,7-12,15-21H2,1-6H3,(H,30,31)(H,34,35). The first-order valence-corrected chi connectivity index (χ1v) is 13.7. The molecule has 7 nitrogen and oxygen atoms in total. The monoisotopic (exact) mass is 503 g/mol. The van der Waals surface area contributed by atoms with Crippen LogP contribution >= 0.6 is 0 Å². The molecule has 0 atom stereocenters. The SMILES string of the molecule is CC(C)CC(C)(C)COCC(C)(C)CN(CCC(=O)O)C(=O)CCCCc1ccc2c(n1)NCCC2. The summed E-state index contributed by atoms with van der Waals surface area (Å²) in [5, 5.41) is 12.6. The zero-order valence-electron chi connectivity index (χ0n) is 23.5. The molecule has 1 aliphatic rings. The minimum absolute atomic E-state index is 0.0181. The molecule has 1 aromatic rings. The van der Waals surface area contributed by atoms with Gasteiger partial charge in [0.2, 0.25) is 5.91 Å². The molecule has 0 saturated heterocycles. The van der Waals surface area contributed by atoms with Gasteiger partial charge in [0.1, 0.15) is 5.82 Å². The van der Waals surface area contributed by atoms with Crippen LogP contribution < -0.4 is 5.32 Å². The average molecular weight is 504 g/mol. The Morgan fingerprint density at radius 2 is 1.83 bits per heavy atom. The molecule has 0 saturated carbocycles. The smallest absolute Gasteiger partial charge is 0.305 e. The van der Waals surface area contributed by atoms with Gasteiger partial charge in [0, 0.05) is 37.2 Å². The van der Waals surface area contributed by atoms with Crippen LogP contribution in [0.5, 0.6) is 0 Å². The summed E-state index contributed by atoms with van der Waals surface area (Å²) in [5.74, 6) is 0.751. The van der Waals surface area contributed by atoms with E-state index in [1.165, 1.54) is 5.56 Å². The number of hydrogen-bond acceptors (Lipinski definition) is 5. The summed E-state index contributed by atoms with van der Waals surface area (Å²) in [6, 6.07) is 4.26. The van der Waals surface area contributed by atoms with Crippen LogP contribution in [0.2, 0.25) is 0 Å². The van der Waals surface area contributed by atoms with Crippen molar-refractivity contribution >= 4 is 17.7 Å². The van der Waals surface area contributed by atoms with Gasteiger partial charge in [-0.25, -0.2) is 4.98 Å². The molecule has 2 rings (SSSR count). The number of rotatable bonds is 16. The number of nitrogens with zero attached hydrogens (tertiary/aromatic N) is 2. The first-order chi connectivity index (χ1) is 16.9. The third-order valence-electron chi connectivity index (χ3n) is 6.54. The summed E-state index contributed by atoms with van der Waals surface area (Å²) >= 11 is 0. The van der Waals surface area contributed by atoms with Gasteiger partial charge in [-0.2, -0.15) is 0 Å². The predicted molar refractivity (Wildman–Crippen MR) is 145 cm³/mol. The Hall–Kier alpha value is -2.15. The number of carbonyl (C=O) groups excluding carboxylic acids is 1. The van der Waals surface area contributed by atoms with Crippen LogP contribution in [0.25, 0.3) is 0 Å². The summed E-state index contributed by atoms with van der Waals surface area (Å²) in [5.41, 5.74) is 2.18. The van der Waals surface area contributed by atoms with Crippen molar-refractivity contribution in [2.45, 2.75) is 92.9 Å². The number of pyridine rings is 1. The van der Waals surface area contributed by atoms with Gasteiger partial charge in [-0.1, -0.05) is 47.6 Å².